The first kappa shape index (κ1) is 27.4. The van der Waals surface area contributed by atoms with E-state index in [9.17, 15) is 14.4 Å². The first-order valence-electron chi connectivity index (χ1n) is 12.2. The fourth-order valence-corrected chi connectivity index (χ4v) is 6.10. The highest BCUT2D eigenvalue weighted by atomic mass is 32.1. The molecule has 1 atom stereocenters. The zero-order valence-electron chi connectivity index (χ0n) is 21.3. The Morgan fingerprint density at radius 2 is 1.87 bits per heavy atom. The van der Waals surface area contributed by atoms with Gasteiger partial charge in [-0.15, -0.1) is 11.3 Å². The topological polar surface area (TPSA) is 150 Å². The van der Waals surface area contributed by atoms with Crippen LogP contribution in [0.4, 0.5) is 5.69 Å². The van der Waals surface area contributed by atoms with E-state index in [1.54, 1.807) is 18.2 Å². The second-order valence-corrected chi connectivity index (χ2v) is 10.8. The molecule has 1 unspecified atom stereocenters. The number of thiophene rings is 1. The molecule has 1 aliphatic rings. The van der Waals surface area contributed by atoms with Gasteiger partial charge >= 0.3 is 0 Å². The van der Waals surface area contributed by atoms with Crippen LogP contribution in [0.3, 0.4) is 0 Å². The van der Waals surface area contributed by atoms with Crippen molar-refractivity contribution in [2.75, 3.05) is 20.0 Å². The van der Waals surface area contributed by atoms with Crippen LogP contribution < -0.4 is 26.3 Å². The van der Waals surface area contributed by atoms with Gasteiger partial charge in [-0.3, -0.25) is 14.4 Å². The number of carbonyl (C=O) groups excluding carboxylic acids is 3. The number of anilines is 1. The predicted octanol–water partition coefficient (Wildman–Crippen LogP) is 3.74. The summed E-state index contributed by atoms with van der Waals surface area (Å²) < 4.78 is 14.9. The average molecular weight is 558 g/mol. The van der Waals surface area contributed by atoms with Crippen molar-refractivity contribution in [3.8, 4) is 11.5 Å². The maximum atomic E-state index is 14.0. The van der Waals surface area contributed by atoms with E-state index < -0.39 is 17.9 Å². The van der Waals surface area contributed by atoms with Crippen molar-refractivity contribution in [3.05, 3.63) is 56.7 Å². The van der Waals surface area contributed by atoms with Crippen molar-refractivity contribution >= 4 is 46.3 Å². The lowest BCUT2D eigenvalue weighted by Crippen LogP contribution is -2.46. The molecular formula is C26H31N5O5S2. The third-order valence-corrected chi connectivity index (χ3v) is 8.27. The van der Waals surface area contributed by atoms with Crippen molar-refractivity contribution in [2.24, 2.45) is 5.73 Å². The zero-order chi connectivity index (χ0) is 27.2. The number of nitrogens with two attached hydrogens (primary N) is 2. The number of methoxy groups -OCH3 is 2. The van der Waals surface area contributed by atoms with Crippen molar-refractivity contribution in [3.63, 3.8) is 0 Å². The van der Waals surface area contributed by atoms with Gasteiger partial charge in [-0.05, 0) is 53.5 Å². The molecular weight excluding hydrogens is 526 g/mol. The largest absolute Gasteiger partial charge is 0.493 e. The lowest BCUT2D eigenvalue weighted by Gasteiger charge is -2.33. The van der Waals surface area contributed by atoms with Crippen LogP contribution in [0.2, 0.25) is 0 Å². The monoisotopic (exact) mass is 557 g/mol. The van der Waals surface area contributed by atoms with Crippen LogP contribution in [0.5, 0.6) is 11.5 Å². The van der Waals surface area contributed by atoms with Crippen LogP contribution in [0.25, 0.3) is 0 Å². The second kappa shape index (κ2) is 12.3. The standard InChI is InChI=1S/C26H31N5O5S2/c1-35-18-11-10-15(13-19(18)36-2)22(25(33)29-16-7-4-3-5-8-16)31(14-17-9-6-12-37-17)26(34)23-20(27)21(24(28)32)30-38-23/h6,9-13,16,22H,3-5,7-8,14,27H2,1-2H3,(H2,28,32)(H,29,33). The summed E-state index contributed by atoms with van der Waals surface area (Å²) in [5, 5.41) is 5.07. The van der Waals surface area contributed by atoms with E-state index >= 15 is 0 Å². The Morgan fingerprint density at radius 1 is 1.13 bits per heavy atom. The van der Waals surface area contributed by atoms with Gasteiger partial charge in [0.25, 0.3) is 11.8 Å². The van der Waals surface area contributed by atoms with E-state index in [1.165, 1.54) is 30.5 Å². The molecule has 2 aromatic heterocycles. The number of carbonyl (C=O) groups is 3. The van der Waals surface area contributed by atoms with Crippen LogP contribution in [-0.4, -0.2) is 47.3 Å². The lowest BCUT2D eigenvalue weighted by molar-refractivity contribution is -0.127. The van der Waals surface area contributed by atoms with Crippen molar-refractivity contribution < 1.29 is 23.9 Å². The Labute approximate surface area is 229 Å². The molecule has 3 aromatic rings. The third-order valence-electron chi connectivity index (χ3n) is 6.56. The molecule has 0 bridgehead atoms. The molecule has 0 spiro atoms. The number of amides is 3. The molecule has 0 saturated heterocycles. The zero-order valence-corrected chi connectivity index (χ0v) is 22.9. The van der Waals surface area contributed by atoms with Gasteiger partial charge < -0.3 is 31.2 Å². The molecule has 1 aliphatic carbocycles. The highest BCUT2D eigenvalue weighted by Crippen LogP contribution is 2.35. The van der Waals surface area contributed by atoms with Gasteiger partial charge in [-0.1, -0.05) is 31.4 Å². The molecule has 0 radical (unpaired) electrons. The van der Waals surface area contributed by atoms with E-state index in [-0.39, 0.29) is 34.8 Å². The molecule has 0 aliphatic heterocycles. The fourth-order valence-electron chi connectivity index (χ4n) is 4.63. The van der Waals surface area contributed by atoms with E-state index in [0.29, 0.717) is 17.1 Å². The molecule has 2 heterocycles. The number of nitrogen functional groups attached to an aromatic ring is 1. The highest BCUT2D eigenvalue weighted by molar-refractivity contribution is 7.10. The molecule has 5 N–H and O–H groups in total. The number of nitrogens with zero attached hydrogens (tertiary/aromatic N) is 2. The van der Waals surface area contributed by atoms with Crippen LogP contribution >= 0.6 is 22.9 Å². The summed E-state index contributed by atoms with van der Waals surface area (Å²) in [6.45, 7) is 0.136. The molecule has 3 amide bonds. The molecule has 38 heavy (non-hydrogen) atoms. The summed E-state index contributed by atoms with van der Waals surface area (Å²) in [7, 11) is 3.04. The van der Waals surface area contributed by atoms with Gasteiger partial charge in [0.1, 0.15) is 10.9 Å². The Kier molecular flexibility index (Phi) is 8.85. The SMILES string of the molecule is COc1ccc(C(C(=O)NC2CCCCC2)N(Cc2cccs2)C(=O)c2snc(C(N)=O)c2N)cc1OC. The van der Waals surface area contributed by atoms with E-state index in [0.717, 1.165) is 48.5 Å². The highest BCUT2D eigenvalue weighted by Gasteiger charge is 2.36. The molecule has 1 saturated carbocycles. The van der Waals surface area contributed by atoms with Crippen molar-refractivity contribution in [2.45, 2.75) is 50.7 Å². The lowest BCUT2D eigenvalue weighted by atomic mass is 9.94. The maximum Gasteiger partial charge on any atom is 0.270 e. The summed E-state index contributed by atoms with van der Waals surface area (Å²) in [4.78, 5) is 42.2. The Hall–Kier alpha value is -3.64. The van der Waals surface area contributed by atoms with Gasteiger partial charge in [0, 0.05) is 10.9 Å². The van der Waals surface area contributed by atoms with Gasteiger partial charge in [0.2, 0.25) is 5.91 Å². The minimum Gasteiger partial charge on any atom is -0.493 e. The van der Waals surface area contributed by atoms with Crippen LogP contribution in [0.15, 0.2) is 35.7 Å². The number of primary amides is 1. The van der Waals surface area contributed by atoms with E-state index in [1.807, 2.05) is 17.5 Å². The number of benzene rings is 1. The number of hydrogen-bond acceptors (Lipinski definition) is 9. The van der Waals surface area contributed by atoms with Gasteiger partial charge in [0.05, 0.1) is 26.5 Å². The summed E-state index contributed by atoms with van der Waals surface area (Å²) >= 11 is 2.25. The fraction of sp³-hybridized carbons (Fsp3) is 0.385. The minimum absolute atomic E-state index is 0.0209. The maximum absolute atomic E-state index is 14.0. The average Bonchev–Trinajstić information content (AvgIpc) is 3.58. The summed E-state index contributed by atoms with van der Waals surface area (Å²) in [5.41, 5.74) is 11.8. The van der Waals surface area contributed by atoms with Crippen LogP contribution in [-0.2, 0) is 11.3 Å². The molecule has 202 valence electrons. The quantitative estimate of drug-likeness (QED) is 0.344. The third kappa shape index (κ3) is 5.91. The van der Waals surface area contributed by atoms with E-state index in [4.69, 9.17) is 20.9 Å². The van der Waals surface area contributed by atoms with E-state index in [2.05, 4.69) is 9.69 Å². The minimum atomic E-state index is -1.02. The Morgan fingerprint density at radius 3 is 2.47 bits per heavy atom. The number of aromatic nitrogens is 1. The Balaban J connectivity index is 1.81. The number of nitrogens with one attached hydrogen (secondary N) is 1. The van der Waals surface area contributed by atoms with Crippen molar-refractivity contribution in [1.29, 1.82) is 0 Å². The summed E-state index contributed by atoms with van der Waals surface area (Å²) in [6, 6.07) is 7.91. The molecule has 1 aromatic carbocycles. The molecule has 1 fully saturated rings. The van der Waals surface area contributed by atoms with Gasteiger partial charge in [-0.25, -0.2) is 0 Å². The smallest absolute Gasteiger partial charge is 0.270 e. The summed E-state index contributed by atoms with van der Waals surface area (Å²) in [6.07, 6.45) is 4.98. The van der Waals surface area contributed by atoms with Crippen LogP contribution in [0.1, 0.15) is 68.7 Å². The second-order valence-electron chi connectivity index (χ2n) is 9.01. The molecule has 10 nitrogen and oxygen atoms in total. The number of hydrogen-bond donors (Lipinski definition) is 3. The van der Waals surface area contributed by atoms with Crippen molar-refractivity contribution in [1.82, 2.24) is 14.6 Å². The van der Waals surface area contributed by atoms with Gasteiger partial charge in [-0.2, -0.15) is 4.37 Å². The predicted molar refractivity (Wildman–Crippen MR) is 147 cm³/mol. The number of ether oxygens (including phenoxy) is 2. The van der Waals surface area contributed by atoms with Gasteiger partial charge in [0.15, 0.2) is 17.2 Å². The first-order chi connectivity index (χ1) is 18.3. The molecule has 4 rings (SSSR count). The Bertz CT molecular complexity index is 1290. The normalized spacial score (nSPS) is 14.5. The summed E-state index contributed by atoms with van der Waals surface area (Å²) in [5.74, 6) is -0.741. The molecule has 12 heteroatoms. The number of rotatable bonds is 10. The first-order valence-corrected chi connectivity index (χ1v) is 13.9. The van der Waals surface area contributed by atoms with Crippen LogP contribution in [0, 0.1) is 0 Å².